The highest BCUT2D eigenvalue weighted by atomic mass is 35.5. The summed E-state index contributed by atoms with van der Waals surface area (Å²) >= 11 is 11.1. The van der Waals surface area contributed by atoms with Gasteiger partial charge in [-0.1, -0.05) is 18.5 Å². The third kappa shape index (κ3) is 8.85. The number of amides is 4. The van der Waals surface area contributed by atoms with Gasteiger partial charge >= 0.3 is 6.18 Å². The SMILES string of the molecule is CCc1cc(N2[C@@H](S)N(c3cnc(C#N)c(C(F)(F)F)c3)C(=O)C23CCC3)ccc1OCCN1CCN(CC(=O)Nc2cc(Cl)cc(NC3CCC(=O)NC3=O)c2)[C@H](C)C1. The molecular formula is C41H45ClF3N9O5S. The molecule has 1 aliphatic carbocycles. The van der Waals surface area contributed by atoms with Crippen molar-refractivity contribution in [2.75, 3.05) is 59.8 Å². The van der Waals surface area contributed by atoms with Crippen molar-refractivity contribution in [2.24, 2.45) is 0 Å². The molecule has 3 saturated heterocycles. The Balaban J connectivity index is 0.929. The molecule has 3 atom stereocenters. The first-order valence-corrected chi connectivity index (χ1v) is 20.7. The van der Waals surface area contributed by atoms with Crippen LogP contribution in [0.2, 0.25) is 5.02 Å². The van der Waals surface area contributed by atoms with Crippen LogP contribution >= 0.6 is 24.2 Å². The summed E-state index contributed by atoms with van der Waals surface area (Å²) in [5.41, 5.74) is -1.32. The number of nitriles is 1. The Kier molecular flexibility index (Phi) is 12.5. The summed E-state index contributed by atoms with van der Waals surface area (Å²) in [6.45, 7) is 7.40. The smallest absolute Gasteiger partial charge is 0.419 e. The summed E-state index contributed by atoms with van der Waals surface area (Å²) in [6, 6.07) is 12.4. The summed E-state index contributed by atoms with van der Waals surface area (Å²) in [6.07, 6.45) is -0.710. The van der Waals surface area contributed by atoms with E-state index in [1.54, 1.807) is 18.2 Å². The highest BCUT2D eigenvalue weighted by Gasteiger charge is 2.60. The molecule has 1 saturated carbocycles. The predicted octanol–water partition coefficient (Wildman–Crippen LogP) is 5.42. The van der Waals surface area contributed by atoms with E-state index < -0.39 is 40.4 Å². The number of hydrogen-bond acceptors (Lipinski definition) is 12. The van der Waals surface area contributed by atoms with Gasteiger partial charge in [0.05, 0.1) is 24.0 Å². The molecule has 3 aromatic rings. The van der Waals surface area contributed by atoms with Crippen molar-refractivity contribution in [1.82, 2.24) is 20.1 Å². The lowest BCUT2D eigenvalue weighted by Gasteiger charge is -2.44. The Hall–Kier alpha value is -5.09. The number of imide groups is 1. The zero-order valence-corrected chi connectivity index (χ0v) is 34.7. The number of halogens is 4. The Morgan fingerprint density at radius 3 is 2.55 bits per heavy atom. The van der Waals surface area contributed by atoms with E-state index in [2.05, 4.69) is 37.7 Å². The van der Waals surface area contributed by atoms with Gasteiger partial charge in [0.2, 0.25) is 17.7 Å². The lowest BCUT2D eigenvalue weighted by molar-refractivity contribution is -0.138. The van der Waals surface area contributed by atoms with Crippen molar-refractivity contribution >= 4 is 70.6 Å². The molecule has 1 spiro atoms. The van der Waals surface area contributed by atoms with Crippen LogP contribution in [-0.4, -0.2) is 101 Å². The van der Waals surface area contributed by atoms with Crippen molar-refractivity contribution in [2.45, 2.75) is 81.7 Å². The standard InChI is InChI=1S/C41H45ClF3N9O5S/c1-3-25-15-29(54-39(60)53(38(58)40(54)9-4-10-40)30-19-31(41(43,44)45)33(20-46)47-21-30)5-7-34(25)59-14-13-51-11-12-52(24(2)22-51)23-36(56)49-28-17-26(42)16-27(18-28)48-32-6-8-35(55)50-37(32)57/h5,7,15-19,21,24,32,39,48,60H,3-4,6,8-14,22-23H2,1-2H3,(H,49,56)(H,50,55,57)/t24-,32?,39+/m1/s1. The molecule has 1 unspecified atom stereocenters. The van der Waals surface area contributed by atoms with Crippen LogP contribution < -0.4 is 30.5 Å². The Morgan fingerprint density at radius 2 is 1.88 bits per heavy atom. The molecular weight excluding hydrogens is 823 g/mol. The summed E-state index contributed by atoms with van der Waals surface area (Å²) in [4.78, 5) is 62.0. The second-order valence-corrected chi connectivity index (χ2v) is 16.4. The lowest BCUT2D eigenvalue weighted by Crippen LogP contribution is -2.55. The summed E-state index contributed by atoms with van der Waals surface area (Å²) in [7, 11) is 0. The number of benzene rings is 2. The first-order valence-electron chi connectivity index (χ1n) is 19.8. The van der Waals surface area contributed by atoms with Crippen LogP contribution in [0.25, 0.3) is 0 Å². The molecule has 7 rings (SSSR count). The van der Waals surface area contributed by atoms with E-state index in [-0.39, 0.29) is 42.4 Å². The van der Waals surface area contributed by atoms with Crippen molar-refractivity contribution in [1.29, 1.82) is 5.26 Å². The first kappa shape index (κ1) is 43.0. The number of pyridine rings is 1. The minimum absolute atomic E-state index is 0.0787. The number of anilines is 4. The molecule has 3 aliphatic heterocycles. The maximum Gasteiger partial charge on any atom is 0.419 e. The van der Waals surface area contributed by atoms with E-state index in [4.69, 9.17) is 29.0 Å². The van der Waals surface area contributed by atoms with Gasteiger partial charge in [-0.05, 0) is 87.1 Å². The fraction of sp³-hybridized carbons (Fsp3) is 0.463. The number of rotatable bonds is 12. The van der Waals surface area contributed by atoms with Crippen LogP contribution in [0.15, 0.2) is 48.7 Å². The number of aromatic nitrogens is 1. The third-order valence-corrected chi connectivity index (χ3v) is 12.3. The van der Waals surface area contributed by atoms with Gasteiger partial charge in [0.25, 0.3) is 5.91 Å². The topological polar surface area (TPSA) is 163 Å². The van der Waals surface area contributed by atoms with Crippen LogP contribution in [0.1, 0.15) is 62.8 Å². The number of piperidine rings is 1. The number of alkyl halides is 3. The van der Waals surface area contributed by atoms with Gasteiger partial charge in [-0.15, -0.1) is 12.6 Å². The zero-order chi connectivity index (χ0) is 42.9. The Labute approximate surface area is 355 Å². The average molecular weight is 868 g/mol. The van der Waals surface area contributed by atoms with Gasteiger partial charge in [0, 0.05) is 60.7 Å². The second-order valence-electron chi connectivity index (χ2n) is 15.5. The summed E-state index contributed by atoms with van der Waals surface area (Å²) in [5.74, 6) is -0.594. The molecule has 1 aromatic heterocycles. The molecule has 4 amide bonds. The van der Waals surface area contributed by atoms with Gasteiger partial charge in [-0.3, -0.25) is 39.2 Å². The fourth-order valence-electron chi connectivity index (χ4n) is 8.35. The molecule has 4 fully saturated rings. The van der Waals surface area contributed by atoms with E-state index in [1.807, 2.05) is 30.0 Å². The number of nitrogens with zero attached hydrogens (tertiary/aromatic N) is 6. The van der Waals surface area contributed by atoms with Crippen LogP contribution in [0, 0.1) is 11.3 Å². The lowest BCUT2D eigenvalue weighted by atomic mass is 9.75. The Morgan fingerprint density at radius 1 is 1.12 bits per heavy atom. The second kappa shape index (κ2) is 17.5. The monoisotopic (exact) mass is 867 g/mol. The highest BCUT2D eigenvalue weighted by molar-refractivity contribution is 7.81. The molecule has 3 N–H and O–H groups in total. The number of piperazine rings is 1. The normalized spacial score (nSPS) is 22.0. The molecule has 19 heteroatoms. The quantitative estimate of drug-likeness (QED) is 0.136. The minimum atomic E-state index is -4.83. The van der Waals surface area contributed by atoms with Crippen molar-refractivity contribution in [3.05, 3.63) is 70.5 Å². The maximum atomic E-state index is 14.0. The number of aryl methyl sites for hydroxylation is 1. The van der Waals surface area contributed by atoms with Crippen LogP contribution in [0.3, 0.4) is 0 Å². The maximum absolute atomic E-state index is 14.0. The van der Waals surface area contributed by atoms with Crippen molar-refractivity contribution in [3.8, 4) is 11.8 Å². The van der Waals surface area contributed by atoms with E-state index in [0.717, 1.165) is 37.3 Å². The molecule has 0 radical (unpaired) electrons. The van der Waals surface area contributed by atoms with E-state index in [9.17, 15) is 37.6 Å². The highest BCUT2D eigenvalue weighted by Crippen LogP contribution is 2.51. The number of hydrogen-bond donors (Lipinski definition) is 4. The number of thiol groups is 1. The number of carbonyl (C=O) groups excluding carboxylic acids is 4. The van der Waals surface area contributed by atoms with Crippen molar-refractivity contribution < 1.29 is 37.1 Å². The van der Waals surface area contributed by atoms with Gasteiger partial charge in [0.15, 0.2) is 11.2 Å². The molecule has 2 aromatic carbocycles. The number of carbonyl (C=O) groups is 4. The largest absolute Gasteiger partial charge is 0.492 e. The Bertz CT molecular complexity index is 2220. The zero-order valence-electron chi connectivity index (χ0n) is 33.0. The molecule has 14 nitrogen and oxygen atoms in total. The molecule has 60 heavy (non-hydrogen) atoms. The minimum Gasteiger partial charge on any atom is -0.492 e. The van der Waals surface area contributed by atoms with Gasteiger partial charge in [-0.2, -0.15) is 18.4 Å². The van der Waals surface area contributed by atoms with Crippen LogP contribution in [0.5, 0.6) is 5.75 Å². The van der Waals surface area contributed by atoms with Crippen LogP contribution in [0.4, 0.5) is 35.9 Å². The third-order valence-electron chi connectivity index (χ3n) is 11.6. The van der Waals surface area contributed by atoms with Gasteiger partial charge in [-0.25, -0.2) is 4.98 Å². The average Bonchev–Trinajstić information content (AvgIpc) is 3.42. The first-order chi connectivity index (χ1) is 28.6. The molecule has 4 aliphatic rings. The molecule has 0 bridgehead atoms. The fourth-order valence-corrected chi connectivity index (χ4v) is 9.17. The van der Waals surface area contributed by atoms with Crippen molar-refractivity contribution in [3.63, 3.8) is 0 Å². The van der Waals surface area contributed by atoms with E-state index in [0.29, 0.717) is 73.2 Å². The van der Waals surface area contributed by atoms with Gasteiger partial charge in [0.1, 0.15) is 30.0 Å². The van der Waals surface area contributed by atoms with Gasteiger partial charge < -0.3 is 20.3 Å². The molecule has 318 valence electrons. The molecule has 4 heterocycles. The number of ether oxygens (including phenoxy) is 1. The van der Waals surface area contributed by atoms with Crippen LogP contribution in [-0.2, 0) is 31.8 Å². The van der Waals surface area contributed by atoms with E-state index >= 15 is 0 Å². The predicted molar refractivity (Wildman–Crippen MR) is 222 cm³/mol. The summed E-state index contributed by atoms with van der Waals surface area (Å²) in [5, 5.41) is 17.9. The van der Waals surface area contributed by atoms with E-state index in [1.165, 1.54) is 11.0 Å². The number of nitrogens with one attached hydrogen (secondary N) is 3. The summed E-state index contributed by atoms with van der Waals surface area (Å²) < 4.78 is 47.8.